The first kappa shape index (κ1) is 20.8. The lowest BCUT2D eigenvalue weighted by atomic mass is 9.90. The van der Waals surface area contributed by atoms with E-state index in [9.17, 15) is 14.0 Å². The third-order valence-corrected chi connectivity index (χ3v) is 5.74. The number of nitrogens with one attached hydrogen (secondary N) is 1. The quantitative estimate of drug-likeness (QED) is 0.685. The number of amides is 2. The summed E-state index contributed by atoms with van der Waals surface area (Å²) in [6.45, 7) is 3.25. The lowest BCUT2D eigenvalue weighted by Crippen LogP contribution is -2.37. The number of hydrogen-bond donors (Lipinski definition) is 1. The zero-order valence-corrected chi connectivity index (χ0v) is 17.4. The highest BCUT2D eigenvalue weighted by molar-refractivity contribution is 5.94. The standard InChI is InChI=1S/C24H25FN4O2/c1-17(30)28-12-10-18(11-13-28)23-20(15-26-24(31)19-6-3-2-4-7-19)16-27-29(23)22-9-5-8-21(25)14-22/h2-9,14,16,18H,10-13,15H2,1H3,(H,26,31). The first-order valence-corrected chi connectivity index (χ1v) is 10.4. The van der Waals surface area contributed by atoms with Crippen molar-refractivity contribution in [1.82, 2.24) is 20.0 Å². The number of halogens is 1. The monoisotopic (exact) mass is 420 g/mol. The molecule has 7 heteroatoms. The molecule has 0 bridgehead atoms. The number of rotatable bonds is 5. The van der Waals surface area contributed by atoms with Crippen molar-refractivity contribution in [3.8, 4) is 5.69 Å². The summed E-state index contributed by atoms with van der Waals surface area (Å²) in [6, 6.07) is 15.4. The van der Waals surface area contributed by atoms with Crippen LogP contribution in [-0.2, 0) is 11.3 Å². The first-order valence-electron chi connectivity index (χ1n) is 10.4. The molecule has 0 spiro atoms. The molecular weight excluding hydrogens is 395 g/mol. The normalized spacial score (nSPS) is 14.5. The molecule has 6 nitrogen and oxygen atoms in total. The van der Waals surface area contributed by atoms with E-state index < -0.39 is 0 Å². The van der Waals surface area contributed by atoms with Crippen LogP contribution >= 0.6 is 0 Å². The molecule has 0 radical (unpaired) electrons. The molecule has 0 atom stereocenters. The van der Waals surface area contributed by atoms with Gasteiger partial charge in [-0.1, -0.05) is 24.3 Å². The molecule has 1 aliphatic rings. The number of benzene rings is 2. The average Bonchev–Trinajstić information content (AvgIpc) is 3.22. The van der Waals surface area contributed by atoms with Crippen molar-refractivity contribution < 1.29 is 14.0 Å². The van der Waals surface area contributed by atoms with Gasteiger partial charge in [-0.2, -0.15) is 5.10 Å². The fourth-order valence-corrected chi connectivity index (χ4v) is 4.11. The molecule has 2 heterocycles. The second-order valence-electron chi connectivity index (χ2n) is 7.78. The lowest BCUT2D eigenvalue weighted by molar-refractivity contribution is -0.129. The van der Waals surface area contributed by atoms with Crippen LogP contribution < -0.4 is 5.32 Å². The predicted octanol–water partition coefficient (Wildman–Crippen LogP) is 3.67. The highest BCUT2D eigenvalue weighted by Crippen LogP contribution is 2.32. The average molecular weight is 420 g/mol. The minimum Gasteiger partial charge on any atom is -0.348 e. The third kappa shape index (κ3) is 4.66. The van der Waals surface area contributed by atoms with Gasteiger partial charge in [0.25, 0.3) is 5.91 Å². The van der Waals surface area contributed by atoms with Crippen LogP contribution in [0.4, 0.5) is 4.39 Å². The summed E-state index contributed by atoms with van der Waals surface area (Å²) >= 11 is 0. The third-order valence-electron chi connectivity index (χ3n) is 5.74. The van der Waals surface area contributed by atoms with Gasteiger partial charge < -0.3 is 10.2 Å². The number of likely N-dealkylation sites (tertiary alicyclic amines) is 1. The van der Waals surface area contributed by atoms with E-state index in [1.54, 1.807) is 36.0 Å². The molecule has 1 saturated heterocycles. The van der Waals surface area contributed by atoms with Crippen LogP contribution in [0, 0.1) is 5.82 Å². The number of nitrogens with zero attached hydrogens (tertiary/aromatic N) is 3. The van der Waals surface area contributed by atoms with Gasteiger partial charge in [0.05, 0.1) is 17.6 Å². The summed E-state index contributed by atoms with van der Waals surface area (Å²) in [5, 5.41) is 7.49. The Labute approximate surface area is 180 Å². The van der Waals surface area contributed by atoms with Crippen LogP contribution in [0.2, 0.25) is 0 Å². The van der Waals surface area contributed by atoms with E-state index in [0.29, 0.717) is 30.9 Å². The topological polar surface area (TPSA) is 67.2 Å². The molecule has 1 aromatic heterocycles. The smallest absolute Gasteiger partial charge is 0.251 e. The molecule has 4 rings (SSSR count). The second-order valence-corrected chi connectivity index (χ2v) is 7.78. The van der Waals surface area contributed by atoms with Crippen molar-refractivity contribution in [3.63, 3.8) is 0 Å². The maximum atomic E-state index is 13.9. The van der Waals surface area contributed by atoms with Crippen LogP contribution in [0.1, 0.15) is 47.3 Å². The fourth-order valence-electron chi connectivity index (χ4n) is 4.11. The Morgan fingerprint density at radius 3 is 2.52 bits per heavy atom. The summed E-state index contributed by atoms with van der Waals surface area (Å²) < 4.78 is 15.6. The van der Waals surface area contributed by atoms with Crippen molar-refractivity contribution >= 4 is 11.8 Å². The highest BCUT2D eigenvalue weighted by Gasteiger charge is 2.27. The van der Waals surface area contributed by atoms with E-state index in [-0.39, 0.29) is 23.5 Å². The fraction of sp³-hybridized carbons (Fsp3) is 0.292. The van der Waals surface area contributed by atoms with E-state index >= 15 is 0 Å². The minimum absolute atomic E-state index is 0.0763. The predicted molar refractivity (Wildman–Crippen MR) is 115 cm³/mol. The lowest BCUT2D eigenvalue weighted by Gasteiger charge is -2.32. The highest BCUT2D eigenvalue weighted by atomic mass is 19.1. The van der Waals surface area contributed by atoms with Gasteiger partial charge in [0.1, 0.15) is 5.82 Å². The van der Waals surface area contributed by atoms with E-state index in [1.807, 2.05) is 29.2 Å². The summed E-state index contributed by atoms with van der Waals surface area (Å²) in [4.78, 5) is 26.1. The van der Waals surface area contributed by atoms with Gasteiger partial charge in [-0.25, -0.2) is 9.07 Å². The van der Waals surface area contributed by atoms with Crippen LogP contribution in [0.25, 0.3) is 5.69 Å². The molecule has 2 aromatic carbocycles. The second kappa shape index (κ2) is 9.12. The first-order chi connectivity index (χ1) is 15.0. The molecule has 0 unspecified atom stereocenters. The van der Waals surface area contributed by atoms with Crippen LogP contribution in [0.5, 0.6) is 0 Å². The molecule has 2 amide bonds. The number of carbonyl (C=O) groups is 2. The number of hydrogen-bond acceptors (Lipinski definition) is 3. The Hall–Kier alpha value is -3.48. The number of carbonyl (C=O) groups excluding carboxylic acids is 2. The molecule has 1 N–H and O–H groups in total. The maximum Gasteiger partial charge on any atom is 0.251 e. The van der Waals surface area contributed by atoms with Crippen molar-refractivity contribution in [3.05, 3.63) is 83.4 Å². The van der Waals surface area contributed by atoms with Crippen molar-refractivity contribution in [2.75, 3.05) is 13.1 Å². The Morgan fingerprint density at radius 2 is 1.84 bits per heavy atom. The molecule has 0 saturated carbocycles. The zero-order valence-electron chi connectivity index (χ0n) is 17.4. The maximum absolute atomic E-state index is 13.9. The molecule has 0 aliphatic carbocycles. The zero-order chi connectivity index (χ0) is 21.8. The molecule has 3 aromatic rings. The van der Waals surface area contributed by atoms with Crippen LogP contribution in [-0.4, -0.2) is 39.6 Å². The Kier molecular flexibility index (Phi) is 6.11. The van der Waals surface area contributed by atoms with Gasteiger partial charge in [-0.15, -0.1) is 0 Å². The number of aromatic nitrogens is 2. The van der Waals surface area contributed by atoms with E-state index in [4.69, 9.17) is 0 Å². The largest absolute Gasteiger partial charge is 0.348 e. The summed E-state index contributed by atoms with van der Waals surface area (Å²) in [7, 11) is 0. The van der Waals surface area contributed by atoms with Gasteiger partial charge in [0.15, 0.2) is 0 Å². The Bertz CT molecular complexity index is 1070. The minimum atomic E-state index is -0.329. The van der Waals surface area contributed by atoms with E-state index in [2.05, 4.69) is 10.4 Å². The van der Waals surface area contributed by atoms with Crippen molar-refractivity contribution in [2.45, 2.75) is 32.2 Å². The molecule has 1 fully saturated rings. The summed E-state index contributed by atoms with van der Waals surface area (Å²) in [5.41, 5.74) is 3.10. The molecule has 160 valence electrons. The van der Waals surface area contributed by atoms with Gasteiger partial charge in [-0.05, 0) is 43.2 Å². The SMILES string of the molecule is CC(=O)N1CCC(c2c(CNC(=O)c3ccccc3)cnn2-c2cccc(F)c2)CC1. The molecule has 31 heavy (non-hydrogen) atoms. The van der Waals surface area contributed by atoms with E-state index in [1.165, 1.54) is 12.1 Å². The number of piperidine rings is 1. The van der Waals surface area contributed by atoms with Gasteiger partial charge in [0.2, 0.25) is 5.91 Å². The Balaban J connectivity index is 1.61. The van der Waals surface area contributed by atoms with Crippen molar-refractivity contribution in [1.29, 1.82) is 0 Å². The van der Waals surface area contributed by atoms with E-state index in [0.717, 1.165) is 24.1 Å². The molecule has 1 aliphatic heterocycles. The van der Waals surface area contributed by atoms with Crippen molar-refractivity contribution in [2.24, 2.45) is 0 Å². The van der Waals surface area contributed by atoms with Gasteiger partial charge >= 0.3 is 0 Å². The van der Waals surface area contributed by atoms with Crippen LogP contribution in [0.15, 0.2) is 60.8 Å². The Morgan fingerprint density at radius 1 is 1.10 bits per heavy atom. The summed E-state index contributed by atoms with van der Waals surface area (Å²) in [6.07, 6.45) is 3.32. The summed E-state index contributed by atoms with van der Waals surface area (Å²) in [5.74, 6) is -0.252. The molecular formula is C24H25FN4O2. The van der Waals surface area contributed by atoms with Gasteiger partial charge in [-0.3, -0.25) is 9.59 Å². The van der Waals surface area contributed by atoms with Gasteiger partial charge in [0, 0.05) is 43.6 Å². The van der Waals surface area contributed by atoms with Crippen LogP contribution in [0.3, 0.4) is 0 Å².